The van der Waals surface area contributed by atoms with Crippen LogP contribution in [0.5, 0.6) is 5.75 Å². The number of ether oxygens (including phenoxy) is 1. The number of hydrogen-bond acceptors (Lipinski definition) is 2. The van der Waals surface area contributed by atoms with E-state index in [1.807, 2.05) is 24.3 Å². The number of benzene rings is 1. The number of Topliss-reactive ketones (excluding diaryl/α,β-unsaturated/α-hetero) is 1. The van der Waals surface area contributed by atoms with Gasteiger partial charge in [0.05, 0.1) is 6.10 Å². The maximum atomic E-state index is 12.6. The quantitative estimate of drug-likeness (QED) is 0.760. The minimum Gasteiger partial charge on any atom is -0.490 e. The molecule has 2 fully saturated rings. The minimum absolute atomic E-state index is 0.0947. The molecule has 2 aliphatic carbocycles. The first-order valence-electron chi connectivity index (χ1n) is 7.15. The van der Waals surface area contributed by atoms with Crippen LogP contribution in [0.3, 0.4) is 0 Å². The third kappa shape index (κ3) is 1.98. The highest BCUT2D eigenvalue weighted by Crippen LogP contribution is 2.69. The number of carbonyl (C=O) groups excluding carboxylic acids is 1. The lowest BCUT2D eigenvalue weighted by atomic mass is 10.0. The monoisotopic (exact) mass is 258 g/mol. The van der Waals surface area contributed by atoms with Gasteiger partial charge in [-0.05, 0) is 35.8 Å². The third-order valence-corrected chi connectivity index (χ3v) is 5.23. The smallest absolute Gasteiger partial charge is 0.167 e. The van der Waals surface area contributed by atoms with Crippen molar-refractivity contribution in [2.45, 2.75) is 46.6 Å². The van der Waals surface area contributed by atoms with E-state index in [0.717, 1.165) is 24.2 Å². The summed E-state index contributed by atoms with van der Waals surface area (Å²) in [5.41, 5.74) is 0.983. The van der Waals surface area contributed by atoms with Crippen molar-refractivity contribution in [2.75, 3.05) is 0 Å². The van der Waals surface area contributed by atoms with Crippen molar-refractivity contribution in [1.82, 2.24) is 0 Å². The largest absolute Gasteiger partial charge is 0.490 e. The van der Waals surface area contributed by atoms with Gasteiger partial charge < -0.3 is 4.74 Å². The van der Waals surface area contributed by atoms with Crippen molar-refractivity contribution < 1.29 is 9.53 Å². The lowest BCUT2D eigenvalue weighted by molar-refractivity contribution is 0.0944. The Balaban J connectivity index is 1.80. The molecule has 2 nitrogen and oxygen atoms in total. The fraction of sp³-hybridized carbons (Fsp3) is 0.588. The molecular formula is C17H22O2. The Morgan fingerprint density at radius 1 is 1.16 bits per heavy atom. The molecule has 0 amide bonds. The average molecular weight is 258 g/mol. The molecule has 1 aromatic carbocycles. The maximum absolute atomic E-state index is 12.6. The third-order valence-electron chi connectivity index (χ3n) is 5.23. The van der Waals surface area contributed by atoms with E-state index >= 15 is 0 Å². The SMILES string of the molecule is CC1(C)C(C(=O)c2cccc(OC3CC3)c2)C1(C)C. The first-order chi connectivity index (χ1) is 8.84. The van der Waals surface area contributed by atoms with Gasteiger partial charge in [0, 0.05) is 11.5 Å². The molecule has 0 bridgehead atoms. The second kappa shape index (κ2) is 3.84. The predicted molar refractivity (Wildman–Crippen MR) is 75.5 cm³/mol. The van der Waals surface area contributed by atoms with E-state index in [1.54, 1.807) is 0 Å². The van der Waals surface area contributed by atoms with E-state index in [0.29, 0.717) is 6.10 Å². The standard InChI is InChI=1S/C17H22O2/c1-16(2)15(17(16,3)4)14(18)11-6-5-7-13(10-11)19-12-8-9-12/h5-7,10,12,15H,8-9H2,1-4H3. The van der Waals surface area contributed by atoms with Crippen LogP contribution in [-0.2, 0) is 0 Å². The van der Waals surface area contributed by atoms with Gasteiger partial charge in [0.1, 0.15) is 5.75 Å². The van der Waals surface area contributed by atoms with Gasteiger partial charge in [0.15, 0.2) is 5.78 Å². The molecule has 0 heterocycles. The lowest BCUT2D eigenvalue weighted by Gasteiger charge is -2.07. The molecule has 2 heteroatoms. The van der Waals surface area contributed by atoms with E-state index < -0.39 is 0 Å². The molecule has 0 spiro atoms. The predicted octanol–water partition coefficient (Wildman–Crippen LogP) is 4.09. The van der Waals surface area contributed by atoms with Gasteiger partial charge in [-0.25, -0.2) is 0 Å². The summed E-state index contributed by atoms with van der Waals surface area (Å²) in [6.45, 7) is 8.72. The van der Waals surface area contributed by atoms with Crippen LogP contribution >= 0.6 is 0 Å². The fourth-order valence-electron chi connectivity index (χ4n) is 3.12. The van der Waals surface area contributed by atoms with Gasteiger partial charge in [-0.3, -0.25) is 4.79 Å². The van der Waals surface area contributed by atoms with Gasteiger partial charge in [-0.2, -0.15) is 0 Å². The van der Waals surface area contributed by atoms with E-state index in [9.17, 15) is 4.79 Å². The first kappa shape index (κ1) is 12.7. The Kier molecular flexibility index (Phi) is 2.57. The molecule has 1 aromatic rings. The highest BCUT2D eigenvalue weighted by Gasteiger charge is 2.67. The number of rotatable bonds is 4. The summed E-state index contributed by atoms with van der Waals surface area (Å²) in [7, 11) is 0. The van der Waals surface area contributed by atoms with Gasteiger partial charge in [0.2, 0.25) is 0 Å². The normalized spacial score (nSPS) is 24.0. The van der Waals surface area contributed by atoms with Gasteiger partial charge >= 0.3 is 0 Å². The topological polar surface area (TPSA) is 26.3 Å². The highest BCUT2D eigenvalue weighted by molar-refractivity contribution is 6.01. The zero-order valence-electron chi connectivity index (χ0n) is 12.2. The van der Waals surface area contributed by atoms with Crippen LogP contribution in [0.1, 0.15) is 50.9 Å². The Morgan fingerprint density at radius 2 is 1.79 bits per heavy atom. The van der Waals surface area contributed by atoms with E-state index in [4.69, 9.17) is 4.74 Å². The second-order valence-corrected chi connectivity index (χ2v) is 7.09. The molecular weight excluding hydrogens is 236 g/mol. The van der Waals surface area contributed by atoms with Crippen LogP contribution in [0.15, 0.2) is 24.3 Å². The Morgan fingerprint density at radius 3 is 2.32 bits per heavy atom. The molecule has 0 aromatic heterocycles. The number of carbonyl (C=O) groups is 1. The molecule has 2 saturated carbocycles. The number of hydrogen-bond donors (Lipinski definition) is 0. The highest BCUT2D eigenvalue weighted by atomic mass is 16.5. The van der Waals surface area contributed by atoms with Crippen molar-refractivity contribution in [3.8, 4) is 5.75 Å². The van der Waals surface area contributed by atoms with Crippen LogP contribution in [0.4, 0.5) is 0 Å². The summed E-state index contributed by atoms with van der Waals surface area (Å²) >= 11 is 0. The van der Waals surface area contributed by atoms with Crippen LogP contribution in [0, 0.1) is 16.7 Å². The summed E-state index contributed by atoms with van der Waals surface area (Å²) < 4.78 is 5.77. The van der Waals surface area contributed by atoms with Crippen LogP contribution in [0.2, 0.25) is 0 Å². The molecule has 0 radical (unpaired) electrons. The average Bonchev–Trinajstić information content (AvgIpc) is 3.19. The van der Waals surface area contributed by atoms with Gasteiger partial charge in [-0.15, -0.1) is 0 Å². The molecule has 19 heavy (non-hydrogen) atoms. The molecule has 0 aliphatic heterocycles. The minimum atomic E-state index is 0.0947. The van der Waals surface area contributed by atoms with Crippen molar-refractivity contribution >= 4 is 5.78 Å². The number of ketones is 1. The van der Waals surface area contributed by atoms with Gasteiger partial charge in [-0.1, -0.05) is 39.8 Å². The van der Waals surface area contributed by atoms with Crippen LogP contribution < -0.4 is 4.74 Å². The molecule has 0 atom stereocenters. The van der Waals surface area contributed by atoms with Crippen LogP contribution in [0.25, 0.3) is 0 Å². The molecule has 0 unspecified atom stereocenters. The summed E-state index contributed by atoms with van der Waals surface area (Å²) in [5, 5.41) is 0. The summed E-state index contributed by atoms with van der Waals surface area (Å²) in [6, 6.07) is 7.68. The van der Waals surface area contributed by atoms with Crippen molar-refractivity contribution in [2.24, 2.45) is 16.7 Å². The molecule has 3 rings (SSSR count). The summed E-state index contributed by atoms with van der Waals surface area (Å²) in [6.07, 6.45) is 2.65. The Labute approximate surface area is 115 Å². The van der Waals surface area contributed by atoms with Crippen LogP contribution in [-0.4, -0.2) is 11.9 Å². The van der Waals surface area contributed by atoms with Crippen molar-refractivity contribution in [1.29, 1.82) is 0 Å². The zero-order chi connectivity index (χ0) is 13.8. The van der Waals surface area contributed by atoms with Crippen molar-refractivity contribution in [3.05, 3.63) is 29.8 Å². The van der Waals surface area contributed by atoms with Crippen molar-refractivity contribution in [3.63, 3.8) is 0 Å². The summed E-state index contributed by atoms with van der Waals surface area (Å²) in [5.74, 6) is 1.22. The first-order valence-corrected chi connectivity index (χ1v) is 7.15. The van der Waals surface area contributed by atoms with Gasteiger partial charge in [0.25, 0.3) is 0 Å². The zero-order valence-corrected chi connectivity index (χ0v) is 12.2. The maximum Gasteiger partial charge on any atom is 0.167 e. The second-order valence-electron chi connectivity index (χ2n) is 7.09. The Hall–Kier alpha value is -1.31. The van der Waals surface area contributed by atoms with E-state index in [1.165, 1.54) is 0 Å². The molecule has 0 N–H and O–H groups in total. The summed E-state index contributed by atoms with van der Waals surface area (Å²) in [4.78, 5) is 12.6. The molecule has 2 aliphatic rings. The molecule has 0 saturated heterocycles. The Bertz CT molecular complexity index is 510. The lowest BCUT2D eigenvalue weighted by Crippen LogP contribution is -2.08. The molecule has 102 valence electrons. The fourth-order valence-corrected chi connectivity index (χ4v) is 3.12. The van der Waals surface area contributed by atoms with E-state index in [-0.39, 0.29) is 22.5 Å². The van der Waals surface area contributed by atoms with E-state index in [2.05, 4.69) is 27.7 Å².